The van der Waals surface area contributed by atoms with Crippen LogP contribution in [0.3, 0.4) is 0 Å². The Balaban J connectivity index is 1.88. The normalized spacial score (nSPS) is 12.8. The Labute approximate surface area is 158 Å². The van der Waals surface area contributed by atoms with Crippen molar-refractivity contribution in [3.63, 3.8) is 0 Å². The number of aromatic hydroxyl groups is 1. The molecule has 0 saturated heterocycles. The van der Waals surface area contributed by atoms with Gasteiger partial charge in [0.15, 0.2) is 3.95 Å². The third-order valence-electron chi connectivity index (χ3n) is 4.03. The van der Waals surface area contributed by atoms with Crippen molar-refractivity contribution in [2.75, 3.05) is 6.61 Å². The number of amides is 1. The minimum absolute atomic E-state index is 0.0561. The molecule has 1 N–H and O–H groups in total. The van der Waals surface area contributed by atoms with E-state index in [4.69, 9.17) is 17.0 Å². The molecule has 1 aliphatic heterocycles. The van der Waals surface area contributed by atoms with Crippen molar-refractivity contribution in [2.24, 2.45) is 4.99 Å². The zero-order valence-electron chi connectivity index (χ0n) is 13.8. The van der Waals surface area contributed by atoms with E-state index in [1.165, 1.54) is 11.3 Å². The van der Waals surface area contributed by atoms with Gasteiger partial charge in [-0.05, 0) is 49.5 Å². The topological polar surface area (TPSA) is 63.8 Å². The maximum Gasteiger partial charge on any atom is 0.279 e. The molecule has 4 rings (SSSR count). The van der Waals surface area contributed by atoms with Gasteiger partial charge in [-0.1, -0.05) is 18.2 Å². The van der Waals surface area contributed by atoms with Gasteiger partial charge in [0.25, 0.3) is 5.91 Å². The lowest BCUT2D eigenvalue weighted by Gasteiger charge is -2.07. The average molecular weight is 382 g/mol. The molecular formula is C19H14N2O3S2. The maximum atomic E-state index is 12.4. The van der Waals surface area contributed by atoms with Gasteiger partial charge in [0, 0.05) is 5.22 Å². The molecule has 3 aromatic rings. The van der Waals surface area contributed by atoms with Crippen molar-refractivity contribution in [3.05, 3.63) is 67.9 Å². The fourth-order valence-electron chi connectivity index (χ4n) is 2.90. The summed E-state index contributed by atoms with van der Waals surface area (Å²) in [5.41, 5.74) is 1.09. The van der Waals surface area contributed by atoms with Crippen LogP contribution in [0.15, 0.2) is 53.5 Å². The Morgan fingerprint density at radius 3 is 2.65 bits per heavy atom. The largest absolute Gasteiger partial charge is 0.494 e. The van der Waals surface area contributed by atoms with Crippen LogP contribution in [0.5, 0.6) is 11.6 Å². The van der Waals surface area contributed by atoms with Crippen molar-refractivity contribution in [1.82, 2.24) is 4.57 Å². The van der Waals surface area contributed by atoms with E-state index in [0.29, 0.717) is 37.3 Å². The summed E-state index contributed by atoms with van der Waals surface area (Å²) in [6, 6.07) is 14.5. The van der Waals surface area contributed by atoms with E-state index >= 15 is 0 Å². The van der Waals surface area contributed by atoms with Crippen LogP contribution in [-0.2, 0) is 4.79 Å². The molecular weight excluding hydrogens is 368 g/mol. The lowest BCUT2D eigenvalue weighted by atomic mass is 10.1. The summed E-state index contributed by atoms with van der Waals surface area (Å²) in [5, 5.41) is 12.1. The van der Waals surface area contributed by atoms with Gasteiger partial charge in [-0.3, -0.25) is 9.36 Å². The second-order valence-electron chi connectivity index (χ2n) is 5.59. The van der Waals surface area contributed by atoms with Gasteiger partial charge in [0.2, 0.25) is 5.88 Å². The van der Waals surface area contributed by atoms with Crippen LogP contribution in [-0.4, -0.2) is 22.2 Å². The van der Waals surface area contributed by atoms with E-state index in [-0.39, 0.29) is 11.8 Å². The molecule has 1 aromatic heterocycles. The number of hydrogen-bond donors (Lipinski definition) is 1. The summed E-state index contributed by atoms with van der Waals surface area (Å²) < 4.78 is 7.44. The number of fused-ring (bicyclic) bond motifs is 1. The lowest BCUT2D eigenvalue weighted by molar-refractivity contribution is -0.112. The summed E-state index contributed by atoms with van der Waals surface area (Å²) in [7, 11) is 0. The van der Waals surface area contributed by atoms with Crippen LogP contribution < -0.4 is 15.3 Å². The van der Waals surface area contributed by atoms with Gasteiger partial charge in [-0.15, -0.1) is 11.3 Å². The predicted molar refractivity (Wildman–Crippen MR) is 102 cm³/mol. The molecule has 0 aliphatic carbocycles. The van der Waals surface area contributed by atoms with E-state index < -0.39 is 0 Å². The number of para-hydroxylation sites is 1. The number of ether oxygens (including phenoxy) is 1. The van der Waals surface area contributed by atoms with Crippen molar-refractivity contribution in [2.45, 2.75) is 6.92 Å². The van der Waals surface area contributed by atoms with Gasteiger partial charge in [-0.25, -0.2) is 4.99 Å². The Hall–Kier alpha value is -2.77. The Bertz CT molecular complexity index is 1190. The van der Waals surface area contributed by atoms with Crippen LogP contribution >= 0.6 is 23.6 Å². The summed E-state index contributed by atoms with van der Waals surface area (Å²) in [6.45, 7) is 2.50. The second-order valence-corrected chi connectivity index (χ2v) is 7.24. The standard InChI is InChI=1S/C19H14N2O3S2/c1-2-24-12-9-7-11(8-10-12)21-18(23)16(26-19(21)25)15-13-5-3-4-6-14(13)20-17(15)22/h3-10,23H,2H2,1H3. The molecule has 0 radical (unpaired) electrons. The maximum absolute atomic E-state index is 12.4. The Kier molecular flexibility index (Phi) is 4.18. The van der Waals surface area contributed by atoms with Crippen molar-refractivity contribution in [3.8, 4) is 17.3 Å². The molecule has 0 unspecified atom stereocenters. The van der Waals surface area contributed by atoms with E-state index in [1.54, 1.807) is 10.6 Å². The highest BCUT2D eigenvalue weighted by atomic mass is 32.1. The number of carbonyl (C=O) groups is 1. The molecule has 2 heterocycles. The highest BCUT2D eigenvalue weighted by molar-refractivity contribution is 7.73. The third-order valence-corrected chi connectivity index (χ3v) is 5.41. The molecule has 130 valence electrons. The van der Waals surface area contributed by atoms with E-state index in [9.17, 15) is 9.90 Å². The van der Waals surface area contributed by atoms with Crippen LogP contribution in [0.2, 0.25) is 0 Å². The molecule has 0 atom stereocenters. The van der Waals surface area contributed by atoms with Crippen LogP contribution in [0.4, 0.5) is 0 Å². The minimum Gasteiger partial charge on any atom is -0.494 e. The number of benzene rings is 2. The third kappa shape index (κ3) is 2.65. The van der Waals surface area contributed by atoms with E-state index in [1.807, 2.05) is 49.4 Å². The molecule has 1 amide bonds. The highest BCUT2D eigenvalue weighted by Gasteiger charge is 2.25. The predicted octanol–water partition coefficient (Wildman–Crippen LogP) is 2.73. The smallest absolute Gasteiger partial charge is 0.279 e. The Morgan fingerprint density at radius 2 is 1.92 bits per heavy atom. The molecule has 0 spiro atoms. The first-order chi connectivity index (χ1) is 12.6. The number of thiazole rings is 1. The van der Waals surface area contributed by atoms with Gasteiger partial charge in [0.05, 0.1) is 23.2 Å². The fourth-order valence-corrected chi connectivity index (χ4v) is 4.28. The van der Waals surface area contributed by atoms with Crippen molar-refractivity contribution in [1.29, 1.82) is 0 Å². The second kappa shape index (κ2) is 6.51. The van der Waals surface area contributed by atoms with Gasteiger partial charge in [0.1, 0.15) is 10.6 Å². The first-order valence-electron chi connectivity index (χ1n) is 8.01. The average Bonchev–Trinajstić information content (AvgIpc) is 3.11. The number of carbonyl (C=O) groups excluding carboxylic acids is 1. The zero-order chi connectivity index (χ0) is 18.3. The highest BCUT2D eigenvalue weighted by Crippen LogP contribution is 2.35. The summed E-state index contributed by atoms with van der Waals surface area (Å²) in [6.07, 6.45) is 0. The summed E-state index contributed by atoms with van der Waals surface area (Å²) in [5.74, 6) is 0.321. The van der Waals surface area contributed by atoms with E-state index in [2.05, 4.69) is 4.99 Å². The number of hydrogen-bond acceptors (Lipinski definition) is 5. The quantitative estimate of drug-likeness (QED) is 0.705. The van der Waals surface area contributed by atoms with Crippen LogP contribution in [0, 0.1) is 3.95 Å². The number of rotatable bonds is 4. The SMILES string of the molecule is CCOc1ccc(-n2c(O)c(C3=c4ccccc4=NC3=O)sc2=S)cc1. The molecule has 26 heavy (non-hydrogen) atoms. The van der Waals surface area contributed by atoms with Gasteiger partial charge < -0.3 is 9.84 Å². The Morgan fingerprint density at radius 1 is 1.19 bits per heavy atom. The number of aromatic nitrogens is 1. The van der Waals surface area contributed by atoms with Crippen molar-refractivity contribution < 1.29 is 14.6 Å². The first kappa shape index (κ1) is 16.7. The number of nitrogens with zero attached hydrogens (tertiary/aromatic N) is 2. The van der Waals surface area contributed by atoms with Crippen LogP contribution in [0.25, 0.3) is 11.3 Å². The van der Waals surface area contributed by atoms with Crippen molar-refractivity contribution >= 4 is 35.0 Å². The lowest BCUT2D eigenvalue weighted by Crippen LogP contribution is -2.22. The molecule has 0 saturated carbocycles. The summed E-state index contributed by atoms with van der Waals surface area (Å²) in [4.78, 5) is 16.9. The molecule has 7 heteroatoms. The fraction of sp³-hybridized carbons (Fsp3) is 0.105. The zero-order valence-corrected chi connectivity index (χ0v) is 15.4. The minimum atomic E-state index is -0.364. The molecule has 2 aromatic carbocycles. The van der Waals surface area contributed by atoms with E-state index in [0.717, 1.165) is 5.75 Å². The molecule has 0 bridgehead atoms. The molecule has 0 fully saturated rings. The van der Waals surface area contributed by atoms with Crippen LogP contribution in [0.1, 0.15) is 11.8 Å². The van der Waals surface area contributed by atoms with Gasteiger partial charge in [-0.2, -0.15) is 0 Å². The summed E-state index contributed by atoms with van der Waals surface area (Å²) >= 11 is 6.63. The monoisotopic (exact) mass is 382 g/mol. The van der Waals surface area contributed by atoms with Gasteiger partial charge >= 0.3 is 0 Å². The first-order valence-corrected chi connectivity index (χ1v) is 9.23. The molecule has 1 aliphatic rings. The molecule has 5 nitrogen and oxygen atoms in total.